The quantitative estimate of drug-likeness (QED) is 0.810. The topological polar surface area (TPSA) is 24.5 Å². The standard InChI is InChI=1S/C17H34N2O/c1-4-16-12-18-17(15-8-6-5-7-9-15)13-19(16)10-11-20-14(2)3/h14-18H,4-13H2,1-3H3. The summed E-state index contributed by atoms with van der Waals surface area (Å²) in [6, 6.07) is 1.42. The van der Waals surface area contributed by atoms with Crippen molar-refractivity contribution in [3.63, 3.8) is 0 Å². The molecule has 1 heterocycles. The van der Waals surface area contributed by atoms with Crippen molar-refractivity contribution in [2.75, 3.05) is 26.2 Å². The van der Waals surface area contributed by atoms with Crippen molar-refractivity contribution in [2.45, 2.75) is 77.5 Å². The maximum absolute atomic E-state index is 5.76. The van der Waals surface area contributed by atoms with Crippen LogP contribution in [0, 0.1) is 5.92 Å². The highest BCUT2D eigenvalue weighted by molar-refractivity contribution is 4.90. The summed E-state index contributed by atoms with van der Waals surface area (Å²) in [5, 5.41) is 3.84. The number of piperazine rings is 1. The number of hydrogen-bond acceptors (Lipinski definition) is 3. The summed E-state index contributed by atoms with van der Waals surface area (Å²) in [5.41, 5.74) is 0. The fourth-order valence-electron chi connectivity index (χ4n) is 3.82. The van der Waals surface area contributed by atoms with E-state index in [1.54, 1.807) is 0 Å². The van der Waals surface area contributed by atoms with Crippen molar-refractivity contribution < 1.29 is 4.74 Å². The Balaban J connectivity index is 1.82. The van der Waals surface area contributed by atoms with Crippen LogP contribution in [0.5, 0.6) is 0 Å². The van der Waals surface area contributed by atoms with Crippen molar-refractivity contribution in [2.24, 2.45) is 5.92 Å². The van der Waals surface area contributed by atoms with E-state index in [2.05, 4.69) is 31.0 Å². The predicted molar refractivity (Wildman–Crippen MR) is 85.1 cm³/mol. The lowest BCUT2D eigenvalue weighted by atomic mass is 9.82. The van der Waals surface area contributed by atoms with Gasteiger partial charge in [0.15, 0.2) is 0 Å². The molecule has 3 heteroatoms. The number of hydrogen-bond donors (Lipinski definition) is 1. The Hall–Kier alpha value is -0.120. The van der Waals surface area contributed by atoms with E-state index in [9.17, 15) is 0 Å². The molecule has 0 aromatic carbocycles. The van der Waals surface area contributed by atoms with Crippen LogP contribution in [0.2, 0.25) is 0 Å². The highest BCUT2D eigenvalue weighted by atomic mass is 16.5. The molecule has 0 bridgehead atoms. The molecule has 0 aromatic heterocycles. The third-order valence-corrected chi connectivity index (χ3v) is 5.08. The number of ether oxygens (including phenoxy) is 1. The minimum absolute atomic E-state index is 0.354. The molecule has 1 aliphatic heterocycles. The second kappa shape index (κ2) is 8.35. The van der Waals surface area contributed by atoms with Gasteiger partial charge in [0.25, 0.3) is 0 Å². The van der Waals surface area contributed by atoms with Gasteiger partial charge in [-0.2, -0.15) is 0 Å². The van der Waals surface area contributed by atoms with Gasteiger partial charge < -0.3 is 10.1 Å². The first-order valence-corrected chi connectivity index (χ1v) is 8.79. The van der Waals surface area contributed by atoms with E-state index < -0.39 is 0 Å². The fourth-order valence-corrected chi connectivity index (χ4v) is 3.82. The number of nitrogens with zero attached hydrogens (tertiary/aromatic N) is 1. The minimum Gasteiger partial charge on any atom is -0.377 e. The van der Waals surface area contributed by atoms with Gasteiger partial charge in [-0.15, -0.1) is 0 Å². The van der Waals surface area contributed by atoms with Crippen LogP contribution in [-0.2, 0) is 4.74 Å². The summed E-state index contributed by atoms with van der Waals surface area (Å²) in [7, 11) is 0. The Morgan fingerprint density at radius 1 is 1.20 bits per heavy atom. The molecule has 2 unspecified atom stereocenters. The zero-order chi connectivity index (χ0) is 14.4. The van der Waals surface area contributed by atoms with Crippen LogP contribution in [0.1, 0.15) is 59.3 Å². The van der Waals surface area contributed by atoms with Crippen LogP contribution < -0.4 is 5.32 Å². The van der Waals surface area contributed by atoms with Gasteiger partial charge in [0.1, 0.15) is 0 Å². The van der Waals surface area contributed by atoms with Gasteiger partial charge in [-0.3, -0.25) is 4.90 Å². The molecule has 2 aliphatic rings. The molecule has 2 atom stereocenters. The molecule has 1 aliphatic carbocycles. The Morgan fingerprint density at radius 3 is 2.60 bits per heavy atom. The van der Waals surface area contributed by atoms with E-state index >= 15 is 0 Å². The molecule has 2 fully saturated rings. The molecule has 0 spiro atoms. The molecule has 1 N–H and O–H groups in total. The Morgan fingerprint density at radius 2 is 1.95 bits per heavy atom. The molecule has 3 nitrogen and oxygen atoms in total. The maximum atomic E-state index is 5.76. The van der Waals surface area contributed by atoms with Gasteiger partial charge in [-0.05, 0) is 39.0 Å². The molecule has 2 rings (SSSR count). The van der Waals surface area contributed by atoms with Crippen LogP contribution in [0.15, 0.2) is 0 Å². The maximum Gasteiger partial charge on any atom is 0.0597 e. The number of rotatable bonds is 6. The molecule has 0 radical (unpaired) electrons. The fraction of sp³-hybridized carbons (Fsp3) is 1.00. The highest BCUT2D eigenvalue weighted by Gasteiger charge is 2.31. The van der Waals surface area contributed by atoms with Crippen molar-refractivity contribution in [3.8, 4) is 0 Å². The largest absolute Gasteiger partial charge is 0.377 e. The van der Waals surface area contributed by atoms with Crippen LogP contribution in [-0.4, -0.2) is 49.3 Å². The monoisotopic (exact) mass is 282 g/mol. The average molecular weight is 282 g/mol. The summed E-state index contributed by atoms with van der Waals surface area (Å²) in [6.07, 6.45) is 8.80. The lowest BCUT2D eigenvalue weighted by Crippen LogP contribution is -2.59. The minimum atomic E-state index is 0.354. The molecule has 1 saturated carbocycles. The molecule has 20 heavy (non-hydrogen) atoms. The van der Waals surface area contributed by atoms with E-state index in [4.69, 9.17) is 4.74 Å². The van der Waals surface area contributed by atoms with E-state index in [0.717, 1.165) is 25.1 Å². The summed E-state index contributed by atoms with van der Waals surface area (Å²) in [6.45, 7) is 10.9. The van der Waals surface area contributed by atoms with Gasteiger partial charge in [0.05, 0.1) is 12.7 Å². The molecule has 1 saturated heterocycles. The zero-order valence-corrected chi connectivity index (χ0v) is 13.7. The first-order chi connectivity index (χ1) is 9.70. The second-order valence-electron chi connectivity index (χ2n) is 6.89. The molecular formula is C17H34N2O. The summed E-state index contributed by atoms with van der Waals surface area (Å²) >= 11 is 0. The van der Waals surface area contributed by atoms with E-state index in [1.165, 1.54) is 51.6 Å². The first kappa shape index (κ1) is 16.3. The van der Waals surface area contributed by atoms with Gasteiger partial charge in [0.2, 0.25) is 0 Å². The third kappa shape index (κ3) is 4.71. The molecular weight excluding hydrogens is 248 g/mol. The summed E-state index contributed by atoms with van der Waals surface area (Å²) in [4.78, 5) is 2.68. The van der Waals surface area contributed by atoms with Gasteiger partial charge in [-0.25, -0.2) is 0 Å². The summed E-state index contributed by atoms with van der Waals surface area (Å²) < 4.78 is 5.76. The highest BCUT2D eigenvalue weighted by Crippen LogP contribution is 2.28. The van der Waals surface area contributed by atoms with Crippen molar-refractivity contribution in [1.29, 1.82) is 0 Å². The summed E-state index contributed by atoms with van der Waals surface area (Å²) in [5.74, 6) is 0.912. The predicted octanol–water partition coefficient (Wildman–Crippen LogP) is 3.04. The van der Waals surface area contributed by atoms with Gasteiger partial charge in [-0.1, -0.05) is 26.2 Å². The second-order valence-corrected chi connectivity index (χ2v) is 6.89. The Bertz CT molecular complexity index is 264. The lowest BCUT2D eigenvalue weighted by molar-refractivity contribution is 0.0282. The van der Waals surface area contributed by atoms with Crippen molar-refractivity contribution in [1.82, 2.24) is 10.2 Å². The van der Waals surface area contributed by atoms with Gasteiger partial charge in [0, 0.05) is 31.7 Å². The SMILES string of the molecule is CCC1CNC(C2CCCCC2)CN1CCOC(C)C. The zero-order valence-electron chi connectivity index (χ0n) is 13.7. The molecule has 0 aromatic rings. The van der Waals surface area contributed by atoms with E-state index in [0.29, 0.717) is 12.1 Å². The van der Waals surface area contributed by atoms with E-state index in [1.807, 2.05) is 0 Å². The third-order valence-electron chi connectivity index (χ3n) is 5.08. The van der Waals surface area contributed by atoms with Crippen LogP contribution in [0.4, 0.5) is 0 Å². The Labute approximate surface area is 125 Å². The van der Waals surface area contributed by atoms with Crippen LogP contribution in [0.25, 0.3) is 0 Å². The smallest absolute Gasteiger partial charge is 0.0597 e. The average Bonchev–Trinajstić information content (AvgIpc) is 2.47. The Kier molecular flexibility index (Phi) is 6.79. The van der Waals surface area contributed by atoms with Gasteiger partial charge >= 0.3 is 0 Å². The van der Waals surface area contributed by atoms with Crippen LogP contribution in [0.3, 0.4) is 0 Å². The van der Waals surface area contributed by atoms with E-state index in [-0.39, 0.29) is 0 Å². The van der Waals surface area contributed by atoms with Crippen LogP contribution >= 0.6 is 0 Å². The van der Waals surface area contributed by atoms with Crippen molar-refractivity contribution in [3.05, 3.63) is 0 Å². The lowest BCUT2D eigenvalue weighted by Gasteiger charge is -2.43. The first-order valence-electron chi connectivity index (χ1n) is 8.79. The molecule has 118 valence electrons. The normalized spacial score (nSPS) is 30.0. The molecule has 0 amide bonds. The van der Waals surface area contributed by atoms with Crippen molar-refractivity contribution >= 4 is 0 Å². The number of nitrogens with one attached hydrogen (secondary N) is 1.